The Labute approximate surface area is 124 Å². The molecular weight excluding hydrogens is 288 g/mol. The molecule has 0 N–H and O–H groups in total. The molecule has 0 bridgehead atoms. The molecule has 1 atom stereocenters. The van der Waals surface area contributed by atoms with Gasteiger partial charge in [0, 0.05) is 13.1 Å². The molecule has 1 aliphatic rings. The van der Waals surface area contributed by atoms with Crippen molar-refractivity contribution in [2.45, 2.75) is 31.2 Å². The molecule has 1 unspecified atom stereocenters. The molecule has 1 aromatic heterocycles. The van der Waals surface area contributed by atoms with Crippen molar-refractivity contribution in [2.75, 3.05) is 13.1 Å². The Morgan fingerprint density at radius 1 is 1.19 bits per heavy atom. The van der Waals surface area contributed by atoms with Gasteiger partial charge in [0.05, 0.1) is 23.3 Å². The fourth-order valence-electron chi connectivity index (χ4n) is 2.76. The molecule has 2 heterocycles. The van der Waals surface area contributed by atoms with Crippen LogP contribution >= 0.6 is 0 Å². The first kappa shape index (κ1) is 14.2. The molecule has 7 heteroatoms. The Hall–Kier alpha value is -1.73. The predicted octanol–water partition coefficient (Wildman–Crippen LogP) is 1.53. The number of aryl methyl sites for hydroxylation is 2. The van der Waals surface area contributed by atoms with Crippen LogP contribution in [-0.4, -0.2) is 40.8 Å². The normalized spacial score (nSPS) is 20.0. The van der Waals surface area contributed by atoms with E-state index in [1.807, 2.05) is 26.0 Å². The molecule has 1 aromatic carbocycles. The van der Waals surface area contributed by atoms with Crippen molar-refractivity contribution in [3.8, 4) is 0 Å². The van der Waals surface area contributed by atoms with E-state index in [0.29, 0.717) is 18.0 Å². The molecule has 1 aliphatic heterocycles. The number of aromatic nitrogens is 3. The fraction of sp³-hybridized carbons (Fsp3) is 0.429. The van der Waals surface area contributed by atoms with Crippen LogP contribution in [-0.2, 0) is 10.0 Å². The van der Waals surface area contributed by atoms with E-state index in [4.69, 9.17) is 0 Å². The summed E-state index contributed by atoms with van der Waals surface area (Å²) in [6, 6.07) is 5.44. The summed E-state index contributed by atoms with van der Waals surface area (Å²) < 4.78 is 27.0. The maximum atomic E-state index is 12.8. The van der Waals surface area contributed by atoms with Gasteiger partial charge in [0.15, 0.2) is 0 Å². The Balaban J connectivity index is 1.86. The van der Waals surface area contributed by atoms with Crippen molar-refractivity contribution < 1.29 is 8.42 Å². The second-order valence-corrected chi connectivity index (χ2v) is 7.33. The minimum absolute atomic E-state index is 0.0144. The number of rotatable bonds is 3. The predicted molar refractivity (Wildman–Crippen MR) is 78.4 cm³/mol. The molecule has 3 rings (SSSR count). The maximum Gasteiger partial charge on any atom is 0.243 e. The molecule has 0 spiro atoms. The zero-order chi connectivity index (χ0) is 15.0. The number of benzene rings is 1. The van der Waals surface area contributed by atoms with Gasteiger partial charge in [0.25, 0.3) is 0 Å². The van der Waals surface area contributed by atoms with Crippen molar-refractivity contribution in [3.63, 3.8) is 0 Å². The van der Waals surface area contributed by atoms with E-state index in [1.54, 1.807) is 23.3 Å². The highest BCUT2D eigenvalue weighted by Crippen LogP contribution is 2.28. The van der Waals surface area contributed by atoms with Gasteiger partial charge >= 0.3 is 0 Å². The molecule has 6 nitrogen and oxygen atoms in total. The number of nitrogens with zero attached hydrogens (tertiary/aromatic N) is 4. The van der Waals surface area contributed by atoms with Crippen LogP contribution in [0.2, 0.25) is 0 Å². The summed E-state index contributed by atoms with van der Waals surface area (Å²) in [4.78, 5) is 1.99. The van der Waals surface area contributed by atoms with Gasteiger partial charge in [-0.15, -0.1) is 0 Å². The zero-order valence-electron chi connectivity index (χ0n) is 12.1. The smallest absolute Gasteiger partial charge is 0.207 e. The Morgan fingerprint density at radius 2 is 1.90 bits per heavy atom. The third-order valence-electron chi connectivity index (χ3n) is 3.84. The van der Waals surface area contributed by atoms with Crippen molar-refractivity contribution in [3.05, 3.63) is 41.7 Å². The topological polar surface area (TPSA) is 68.1 Å². The molecule has 0 saturated carbocycles. The summed E-state index contributed by atoms with van der Waals surface area (Å²) in [6.07, 6.45) is 3.96. The van der Waals surface area contributed by atoms with Crippen molar-refractivity contribution in [2.24, 2.45) is 0 Å². The first-order valence-corrected chi connectivity index (χ1v) is 8.36. The minimum atomic E-state index is -3.45. The highest BCUT2D eigenvalue weighted by atomic mass is 32.2. The monoisotopic (exact) mass is 306 g/mol. The van der Waals surface area contributed by atoms with Gasteiger partial charge in [-0.1, -0.05) is 17.7 Å². The summed E-state index contributed by atoms with van der Waals surface area (Å²) >= 11 is 0. The largest absolute Gasteiger partial charge is 0.243 e. The van der Waals surface area contributed by atoms with Crippen LogP contribution < -0.4 is 0 Å². The lowest BCUT2D eigenvalue weighted by molar-refractivity contribution is 0.402. The molecular formula is C14H18N4O2S. The lowest BCUT2D eigenvalue weighted by atomic mass is 10.2. The average molecular weight is 306 g/mol. The second-order valence-electron chi connectivity index (χ2n) is 5.42. The lowest BCUT2D eigenvalue weighted by Crippen LogP contribution is -2.30. The van der Waals surface area contributed by atoms with E-state index >= 15 is 0 Å². The highest BCUT2D eigenvalue weighted by Gasteiger charge is 2.34. The van der Waals surface area contributed by atoms with E-state index in [-0.39, 0.29) is 6.04 Å². The minimum Gasteiger partial charge on any atom is -0.207 e. The summed E-state index contributed by atoms with van der Waals surface area (Å²) in [6.45, 7) is 4.72. The summed E-state index contributed by atoms with van der Waals surface area (Å²) in [5, 5.41) is 8.20. The molecule has 0 amide bonds. The van der Waals surface area contributed by atoms with Gasteiger partial charge in [-0.3, -0.25) is 0 Å². The van der Waals surface area contributed by atoms with E-state index < -0.39 is 10.0 Å². The van der Waals surface area contributed by atoms with Gasteiger partial charge in [-0.2, -0.15) is 19.3 Å². The first-order chi connectivity index (χ1) is 9.98. The molecule has 1 saturated heterocycles. The van der Waals surface area contributed by atoms with Gasteiger partial charge < -0.3 is 0 Å². The van der Waals surface area contributed by atoms with E-state index in [2.05, 4.69) is 10.2 Å². The summed E-state index contributed by atoms with van der Waals surface area (Å²) in [5.74, 6) is 0. The van der Waals surface area contributed by atoms with Crippen LogP contribution in [0.4, 0.5) is 0 Å². The number of hydrogen-bond acceptors (Lipinski definition) is 4. The van der Waals surface area contributed by atoms with Crippen molar-refractivity contribution in [1.82, 2.24) is 19.3 Å². The van der Waals surface area contributed by atoms with Crippen LogP contribution in [0.15, 0.2) is 35.5 Å². The Kier molecular flexibility index (Phi) is 3.54. The van der Waals surface area contributed by atoms with Crippen LogP contribution in [0.5, 0.6) is 0 Å². The molecule has 21 heavy (non-hydrogen) atoms. The standard InChI is InChI=1S/C14H18N4O2S/c1-11-3-4-14(12(2)9-11)21(19,20)17-8-5-13(10-17)18-15-6-7-16-18/h3-4,6-7,9,13H,5,8,10H2,1-2H3. The van der Waals surface area contributed by atoms with Crippen molar-refractivity contribution in [1.29, 1.82) is 0 Å². The molecule has 2 aromatic rings. The molecule has 0 aliphatic carbocycles. The summed E-state index contributed by atoms with van der Waals surface area (Å²) in [7, 11) is -3.45. The van der Waals surface area contributed by atoms with Crippen molar-refractivity contribution >= 4 is 10.0 Å². The van der Waals surface area contributed by atoms with Crippen LogP contribution in [0, 0.1) is 13.8 Å². The van der Waals surface area contributed by atoms with Gasteiger partial charge in [-0.05, 0) is 31.9 Å². The zero-order valence-corrected chi connectivity index (χ0v) is 12.9. The van der Waals surface area contributed by atoms with E-state index in [0.717, 1.165) is 17.5 Å². The van der Waals surface area contributed by atoms with Gasteiger partial charge in [0.1, 0.15) is 0 Å². The summed E-state index contributed by atoms with van der Waals surface area (Å²) in [5.41, 5.74) is 1.85. The van der Waals surface area contributed by atoms with E-state index in [9.17, 15) is 8.42 Å². The molecule has 1 fully saturated rings. The Morgan fingerprint density at radius 3 is 2.57 bits per heavy atom. The quantitative estimate of drug-likeness (QED) is 0.862. The third-order valence-corrected chi connectivity index (χ3v) is 5.86. The van der Waals surface area contributed by atoms with Crippen LogP contribution in [0.1, 0.15) is 23.6 Å². The van der Waals surface area contributed by atoms with Gasteiger partial charge in [0.2, 0.25) is 10.0 Å². The third kappa shape index (κ3) is 2.58. The second kappa shape index (κ2) is 5.23. The first-order valence-electron chi connectivity index (χ1n) is 6.91. The maximum absolute atomic E-state index is 12.8. The Bertz CT molecular complexity index is 740. The highest BCUT2D eigenvalue weighted by molar-refractivity contribution is 7.89. The fourth-order valence-corrected chi connectivity index (χ4v) is 4.46. The number of sulfonamides is 1. The lowest BCUT2D eigenvalue weighted by Gasteiger charge is -2.18. The average Bonchev–Trinajstić information content (AvgIpc) is 3.09. The van der Waals surface area contributed by atoms with Gasteiger partial charge in [-0.25, -0.2) is 8.42 Å². The SMILES string of the molecule is Cc1ccc(S(=O)(=O)N2CCC(n3nccn3)C2)c(C)c1. The van der Waals surface area contributed by atoms with Crippen LogP contribution in [0.25, 0.3) is 0 Å². The van der Waals surface area contributed by atoms with Crippen LogP contribution in [0.3, 0.4) is 0 Å². The van der Waals surface area contributed by atoms with E-state index in [1.165, 1.54) is 4.31 Å². The molecule has 112 valence electrons. The molecule has 0 radical (unpaired) electrons. The number of hydrogen-bond donors (Lipinski definition) is 0.